The van der Waals surface area contributed by atoms with Gasteiger partial charge in [-0.05, 0) is 30.3 Å². The molecular weight excluding hydrogens is 330 g/mol. The van der Waals surface area contributed by atoms with Crippen molar-refractivity contribution in [3.63, 3.8) is 0 Å². The normalized spacial score (nSPS) is 10.6. The predicted molar refractivity (Wildman–Crippen MR) is 86.8 cm³/mol. The highest BCUT2D eigenvalue weighted by atomic mass is 79.9. The number of benzene rings is 2. The minimum Gasteiger partial charge on any atom is -0.497 e. The van der Waals surface area contributed by atoms with Crippen molar-refractivity contribution >= 4 is 26.8 Å². The zero-order chi connectivity index (χ0) is 14.7. The zero-order valence-electron chi connectivity index (χ0n) is 11.5. The highest BCUT2D eigenvalue weighted by molar-refractivity contribution is 9.10. The van der Waals surface area contributed by atoms with E-state index in [1.54, 1.807) is 13.3 Å². The van der Waals surface area contributed by atoms with Crippen LogP contribution in [0.2, 0.25) is 0 Å². The van der Waals surface area contributed by atoms with Crippen molar-refractivity contribution in [2.75, 3.05) is 7.11 Å². The van der Waals surface area contributed by atoms with Gasteiger partial charge in [-0.25, -0.2) is 0 Å². The smallest absolute Gasteiger partial charge is 0.146 e. The first-order valence-electron chi connectivity index (χ1n) is 6.57. The topological polar surface area (TPSA) is 31.4 Å². The van der Waals surface area contributed by atoms with Crippen LogP contribution in [0.4, 0.5) is 0 Å². The fourth-order valence-corrected chi connectivity index (χ4v) is 2.50. The van der Waals surface area contributed by atoms with Crippen molar-refractivity contribution in [1.29, 1.82) is 0 Å². The summed E-state index contributed by atoms with van der Waals surface area (Å²) < 4.78 is 12.2. The van der Waals surface area contributed by atoms with Gasteiger partial charge < -0.3 is 9.47 Å². The van der Waals surface area contributed by atoms with E-state index in [0.29, 0.717) is 6.61 Å². The lowest BCUT2D eigenvalue weighted by atomic mass is 10.2. The number of fused-ring (bicyclic) bond motifs is 1. The third-order valence-electron chi connectivity index (χ3n) is 3.23. The van der Waals surface area contributed by atoms with Gasteiger partial charge in [-0.2, -0.15) is 0 Å². The number of pyridine rings is 1. The van der Waals surface area contributed by atoms with Crippen LogP contribution in [0.5, 0.6) is 11.5 Å². The molecule has 3 rings (SSSR count). The first-order valence-corrected chi connectivity index (χ1v) is 7.36. The number of nitrogens with zero attached hydrogens (tertiary/aromatic N) is 1. The standard InChI is InChI=1S/C17H14BrNO2/c1-20-14-7-8-15(18)13(10-14)11-21-16-6-2-4-12-5-3-9-19-17(12)16/h2-10H,11H2,1H3. The fourth-order valence-electron chi connectivity index (χ4n) is 2.14. The maximum Gasteiger partial charge on any atom is 0.146 e. The van der Waals surface area contributed by atoms with E-state index in [0.717, 1.165) is 32.4 Å². The summed E-state index contributed by atoms with van der Waals surface area (Å²) in [5.41, 5.74) is 1.90. The summed E-state index contributed by atoms with van der Waals surface area (Å²) in [6.07, 6.45) is 1.77. The number of hydrogen-bond donors (Lipinski definition) is 0. The van der Waals surface area contributed by atoms with Crippen molar-refractivity contribution in [1.82, 2.24) is 4.98 Å². The van der Waals surface area contributed by atoms with Crippen molar-refractivity contribution in [3.05, 3.63) is 64.8 Å². The van der Waals surface area contributed by atoms with Crippen LogP contribution < -0.4 is 9.47 Å². The van der Waals surface area contributed by atoms with Gasteiger partial charge in [0.2, 0.25) is 0 Å². The molecule has 0 aliphatic heterocycles. The predicted octanol–water partition coefficient (Wildman–Crippen LogP) is 4.58. The summed E-state index contributed by atoms with van der Waals surface area (Å²) in [6.45, 7) is 0.452. The third kappa shape index (κ3) is 3.00. The minimum absolute atomic E-state index is 0.452. The van der Waals surface area contributed by atoms with Crippen LogP contribution in [0.15, 0.2) is 59.2 Å². The van der Waals surface area contributed by atoms with Gasteiger partial charge in [0.15, 0.2) is 0 Å². The van der Waals surface area contributed by atoms with Crippen LogP contribution in [-0.4, -0.2) is 12.1 Å². The van der Waals surface area contributed by atoms with Gasteiger partial charge in [-0.15, -0.1) is 0 Å². The molecule has 0 unspecified atom stereocenters. The molecule has 0 N–H and O–H groups in total. The van der Waals surface area contributed by atoms with Gasteiger partial charge in [-0.1, -0.05) is 34.1 Å². The van der Waals surface area contributed by atoms with Gasteiger partial charge in [-0.3, -0.25) is 4.98 Å². The molecule has 0 saturated heterocycles. The molecule has 21 heavy (non-hydrogen) atoms. The lowest BCUT2D eigenvalue weighted by Crippen LogP contribution is -1.98. The molecule has 0 bridgehead atoms. The SMILES string of the molecule is COc1ccc(Br)c(COc2cccc3cccnc23)c1. The molecular formula is C17H14BrNO2. The molecule has 2 aromatic carbocycles. The molecule has 1 heterocycles. The monoisotopic (exact) mass is 343 g/mol. The number of rotatable bonds is 4. The fraction of sp³-hybridized carbons (Fsp3) is 0.118. The molecule has 0 aliphatic rings. The quantitative estimate of drug-likeness (QED) is 0.694. The summed E-state index contributed by atoms with van der Waals surface area (Å²) >= 11 is 3.53. The van der Waals surface area contributed by atoms with E-state index in [-0.39, 0.29) is 0 Å². The number of halogens is 1. The van der Waals surface area contributed by atoms with Gasteiger partial charge in [0.25, 0.3) is 0 Å². The summed E-state index contributed by atoms with van der Waals surface area (Å²) in [6, 6.07) is 15.7. The molecule has 3 aromatic rings. The first kappa shape index (κ1) is 13.9. The lowest BCUT2D eigenvalue weighted by molar-refractivity contribution is 0.307. The number of aromatic nitrogens is 1. The number of para-hydroxylation sites is 1. The second-order valence-corrected chi connectivity index (χ2v) is 5.43. The largest absolute Gasteiger partial charge is 0.497 e. The Morgan fingerprint density at radius 1 is 1.10 bits per heavy atom. The van der Waals surface area contributed by atoms with Crippen LogP contribution in [-0.2, 0) is 6.61 Å². The van der Waals surface area contributed by atoms with Crippen molar-refractivity contribution < 1.29 is 9.47 Å². The minimum atomic E-state index is 0.452. The van der Waals surface area contributed by atoms with E-state index in [9.17, 15) is 0 Å². The van der Waals surface area contributed by atoms with Crippen molar-refractivity contribution in [2.24, 2.45) is 0 Å². The molecule has 3 nitrogen and oxygen atoms in total. The van der Waals surface area contributed by atoms with E-state index in [2.05, 4.69) is 20.9 Å². The molecule has 0 atom stereocenters. The Morgan fingerprint density at radius 3 is 2.81 bits per heavy atom. The van der Waals surface area contributed by atoms with Crippen LogP contribution >= 0.6 is 15.9 Å². The maximum atomic E-state index is 5.94. The molecule has 0 fully saturated rings. The molecule has 0 radical (unpaired) electrons. The number of ether oxygens (including phenoxy) is 2. The molecule has 0 saturated carbocycles. The first-order chi connectivity index (χ1) is 10.3. The highest BCUT2D eigenvalue weighted by Crippen LogP contribution is 2.27. The summed E-state index contributed by atoms with van der Waals surface area (Å²) in [5.74, 6) is 1.59. The van der Waals surface area contributed by atoms with Crippen LogP contribution in [0.3, 0.4) is 0 Å². The summed E-state index contributed by atoms with van der Waals surface area (Å²) in [4.78, 5) is 4.39. The van der Waals surface area contributed by atoms with E-state index in [4.69, 9.17) is 9.47 Å². The van der Waals surface area contributed by atoms with E-state index < -0.39 is 0 Å². The van der Waals surface area contributed by atoms with Crippen LogP contribution in [0, 0.1) is 0 Å². The van der Waals surface area contributed by atoms with Gasteiger partial charge in [0, 0.05) is 21.6 Å². The van der Waals surface area contributed by atoms with Gasteiger partial charge in [0.05, 0.1) is 7.11 Å². The molecule has 0 amide bonds. The second kappa shape index (κ2) is 6.14. The molecule has 4 heteroatoms. The Morgan fingerprint density at radius 2 is 1.95 bits per heavy atom. The molecule has 0 aliphatic carbocycles. The number of hydrogen-bond acceptors (Lipinski definition) is 3. The van der Waals surface area contributed by atoms with Gasteiger partial charge in [0.1, 0.15) is 23.6 Å². The Bertz CT molecular complexity index is 768. The maximum absolute atomic E-state index is 5.94. The van der Waals surface area contributed by atoms with Crippen LogP contribution in [0.25, 0.3) is 10.9 Å². The summed E-state index contributed by atoms with van der Waals surface area (Å²) in [7, 11) is 1.66. The average molecular weight is 344 g/mol. The molecule has 1 aromatic heterocycles. The van der Waals surface area contributed by atoms with E-state index in [1.165, 1.54) is 0 Å². The highest BCUT2D eigenvalue weighted by Gasteiger charge is 2.06. The third-order valence-corrected chi connectivity index (χ3v) is 4.01. The Labute approximate surface area is 131 Å². The average Bonchev–Trinajstić information content (AvgIpc) is 2.54. The van der Waals surface area contributed by atoms with Crippen molar-refractivity contribution in [3.8, 4) is 11.5 Å². The Balaban J connectivity index is 1.87. The molecule has 106 valence electrons. The zero-order valence-corrected chi connectivity index (χ0v) is 13.1. The lowest BCUT2D eigenvalue weighted by Gasteiger charge is -2.11. The van der Waals surface area contributed by atoms with Crippen molar-refractivity contribution in [2.45, 2.75) is 6.61 Å². The van der Waals surface area contributed by atoms with Crippen LogP contribution in [0.1, 0.15) is 5.56 Å². The Hall–Kier alpha value is -2.07. The molecule has 0 spiro atoms. The van der Waals surface area contributed by atoms with E-state index >= 15 is 0 Å². The summed E-state index contributed by atoms with van der Waals surface area (Å²) in [5, 5.41) is 1.07. The second-order valence-electron chi connectivity index (χ2n) is 4.58. The van der Waals surface area contributed by atoms with Gasteiger partial charge >= 0.3 is 0 Å². The Kier molecular flexibility index (Phi) is 4.06. The van der Waals surface area contributed by atoms with E-state index in [1.807, 2.05) is 48.5 Å². The number of methoxy groups -OCH3 is 1.